The average molecular weight is 171 g/mol. The Hall–Kier alpha value is 0.310. The van der Waals surface area contributed by atoms with E-state index >= 15 is 0 Å². The highest BCUT2D eigenvalue weighted by Gasteiger charge is 2.46. The molecule has 2 bridgehead atoms. The molecule has 3 heterocycles. The van der Waals surface area contributed by atoms with Crippen molar-refractivity contribution in [3.63, 3.8) is 0 Å². The van der Waals surface area contributed by atoms with Crippen LogP contribution in [0.25, 0.3) is 0 Å². The van der Waals surface area contributed by atoms with Crippen LogP contribution in [0.3, 0.4) is 0 Å². The first-order valence-electron chi connectivity index (χ1n) is 4.45. The summed E-state index contributed by atoms with van der Waals surface area (Å²) in [6.07, 6.45) is 1.46. The van der Waals surface area contributed by atoms with E-state index in [9.17, 15) is 0 Å². The molecule has 2 heteroatoms. The van der Waals surface area contributed by atoms with Gasteiger partial charge >= 0.3 is 0 Å². The maximum atomic E-state index is 2.70. The molecule has 2 atom stereocenters. The van der Waals surface area contributed by atoms with Gasteiger partial charge in [0, 0.05) is 29.1 Å². The van der Waals surface area contributed by atoms with Crippen molar-refractivity contribution in [2.24, 2.45) is 0 Å². The van der Waals surface area contributed by atoms with E-state index in [1.54, 1.807) is 0 Å². The summed E-state index contributed by atoms with van der Waals surface area (Å²) >= 11 is 2.13. The third kappa shape index (κ3) is 1.20. The number of hydrogen-bond donors (Lipinski definition) is 0. The summed E-state index contributed by atoms with van der Waals surface area (Å²) in [5, 5.41) is 0. The molecular formula is C9H17NS. The number of hydrogen-bond acceptors (Lipinski definition) is 2. The second kappa shape index (κ2) is 2.40. The van der Waals surface area contributed by atoms with Crippen LogP contribution in [-0.4, -0.2) is 34.0 Å². The summed E-state index contributed by atoms with van der Waals surface area (Å²) in [7, 11) is 0. The summed E-state index contributed by atoms with van der Waals surface area (Å²) in [5.74, 6) is 2.74. The van der Waals surface area contributed by atoms with Crippen molar-refractivity contribution in [3.8, 4) is 0 Å². The second-order valence-corrected chi connectivity index (χ2v) is 5.73. The highest BCUT2D eigenvalue weighted by atomic mass is 32.2. The standard InChI is InChI=1S/C9H17NS/c1-9(2,3)10-7-4-8(10)6-11-5-7/h7-8H,4-6H2,1-3H3. The molecule has 0 radical (unpaired) electrons. The van der Waals surface area contributed by atoms with E-state index in [-0.39, 0.29) is 0 Å². The van der Waals surface area contributed by atoms with Gasteiger partial charge in [-0.15, -0.1) is 0 Å². The Balaban J connectivity index is 2.06. The monoisotopic (exact) mass is 171 g/mol. The van der Waals surface area contributed by atoms with Crippen molar-refractivity contribution < 1.29 is 0 Å². The first-order chi connectivity index (χ1) is 5.09. The summed E-state index contributed by atoms with van der Waals surface area (Å²) in [5.41, 5.74) is 0.411. The van der Waals surface area contributed by atoms with Gasteiger partial charge in [-0.05, 0) is 27.2 Å². The van der Waals surface area contributed by atoms with Crippen molar-refractivity contribution in [2.75, 3.05) is 11.5 Å². The zero-order valence-electron chi connectivity index (χ0n) is 7.63. The zero-order chi connectivity index (χ0) is 8.06. The zero-order valence-corrected chi connectivity index (χ0v) is 8.45. The maximum absolute atomic E-state index is 2.70. The molecular weight excluding hydrogens is 154 g/mol. The molecule has 0 aromatic heterocycles. The van der Waals surface area contributed by atoms with Crippen LogP contribution in [0, 0.1) is 0 Å². The molecule has 3 rings (SSSR count). The van der Waals surface area contributed by atoms with Crippen molar-refractivity contribution in [1.82, 2.24) is 4.90 Å². The lowest BCUT2D eigenvalue weighted by Crippen LogP contribution is -2.67. The lowest BCUT2D eigenvalue weighted by atomic mass is 9.87. The molecule has 2 unspecified atom stereocenters. The van der Waals surface area contributed by atoms with Crippen LogP contribution in [0.2, 0.25) is 0 Å². The molecule has 0 aliphatic carbocycles. The Morgan fingerprint density at radius 1 is 1.18 bits per heavy atom. The predicted octanol–water partition coefficient (Wildman–Crippen LogP) is 1.97. The lowest BCUT2D eigenvalue weighted by molar-refractivity contribution is -0.0412. The highest BCUT2D eigenvalue weighted by Crippen LogP contribution is 2.41. The minimum Gasteiger partial charge on any atom is -0.291 e. The van der Waals surface area contributed by atoms with Gasteiger partial charge in [0.25, 0.3) is 0 Å². The van der Waals surface area contributed by atoms with Crippen LogP contribution >= 0.6 is 11.8 Å². The smallest absolute Gasteiger partial charge is 0.0210 e. The normalized spacial score (nSPS) is 38.5. The summed E-state index contributed by atoms with van der Waals surface area (Å²) in [4.78, 5) is 2.70. The van der Waals surface area contributed by atoms with Crippen molar-refractivity contribution in [1.29, 1.82) is 0 Å². The summed E-state index contributed by atoms with van der Waals surface area (Å²) in [6.45, 7) is 7.01. The number of rotatable bonds is 0. The van der Waals surface area contributed by atoms with E-state index in [1.165, 1.54) is 17.9 Å². The third-order valence-electron chi connectivity index (χ3n) is 2.73. The molecule has 3 aliphatic rings. The molecule has 3 aliphatic heterocycles. The molecule has 3 saturated heterocycles. The Morgan fingerprint density at radius 2 is 1.73 bits per heavy atom. The minimum absolute atomic E-state index is 0.411. The summed E-state index contributed by atoms with van der Waals surface area (Å²) < 4.78 is 0. The molecule has 0 saturated carbocycles. The Morgan fingerprint density at radius 3 is 2.00 bits per heavy atom. The van der Waals surface area contributed by atoms with Gasteiger partial charge in [0.15, 0.2) is 0 Å². The molecule has 11 heavy (non-hydrogen) atoms. The highest BCUT2D eigenvalue weighted by molar-refractivity contribution is 7.99. The fraction of sp³-hybridized carbons (Fsp3) is 1.00. The fourth-order valence-corrected chi connectivity index (χ4v) is 3.71. The molecule has 1 nitrogen and oxygen atoms in total. The van der Waals surface area contributed by atoms with Crippen LogP contribution in [-0.2, 0) is 0 Å². The van der Waals surface area contributed by atoms with Gasteiger partial charge in [-0.3, -0.25) is 4.90 Å². The number of nitrogens with zero attached hydrogens (tertiary/aromatic N) is 1. The summed E-state index contributed by atoms with van der Waals surface area (Å²) in [6, 6.07) is 1.80. The van der Waals surface area contributed by atoms with Crippen LogP contribution < -0.4 is 0 Å². The maximum Gasteiger partial charge on any atom is 0.0210 e. The van der Waals surface area contributed by atoms with Crippen molar-refractivity contribution in [2.45, 2.75) is 44.8 Å². The van der Waals surface area contributed by atoms with Gasteiger partial charge in [0.2, 0.25) is 0 Å². The van der Waals surface area contributed by atoms with Gasteiger partial charge in [0.05, 0.1) is 0 Å². The van der Waals surface area contributed by atoms with E-state index in [1.807, 2.05) is 0 Å². The molecule has 0 amide bonds. The lowest BCUT2D eigenvalue weighted by Gasteiger charge is -2.58. The Labute approximate surface area is 73.5 Å². The SMILES string of the molecule is CC(C)(C)N1C2CSCC1C2. The van der Waals surface area contributed by atoms with Crippen molar-refractivity contribution >= 4 is 11.8 Å². The average Bonchev–Trinajstić information content (AvgIpc) is 1.85. The topological polar surface area (TPSA) is 3.24 Å². The molecule has 0 aromatic carbocycles. The third-order valence-corrected chi connectivity index (χ3v) is 3.97. The van der Waals surface area contributed by atoms with Crippen LogP contribution in [0.4, 0.5) is 0 Å². The Kier molecular flexibility index (Phi) is 1.73. The van der Waals surface area contributed by atoms with E-state index < -0.39 is 0 Å². The predicted molar refractivity (Wildman–Crippen MR) is 51.1 cm³/mol. The van der Waals surface area contributed by atoms with Gasteiger partial charge < -0.3 is 0 Å². The van der Waals surface area contributed by atoms with Crippen molar-refractivity contribution in [3.05, 3.63) is 0 Å². The molecule has 0 spiro atoms. The molecule has 0 aromatic rings. The first-order valence-corrected chi connectivity index (χ1v) is 5.61. The Bertz CT molecular complexity index is 147. The van der Waals surface area contributed by atoms with E-state index in [0.717, 1.165) is 12.1 Å². The fourth-order valence-electron chi connectivity index (χ4n) is 2.43. The van der Waals surface area contributed by atoms with E-state index in [2.05, 4.69) is 37.4 Å². The van der Waals surface area contributed by atoms with Crippen LogP contribution in [0.1, 0.15) is 27.2 Å². The molecule has 0 N–H and O–H groups in total. The van der Waals surface area contributed by atoms with E-state index in [0.29, 0.717) is 5.54 Å². The van der Waals surface area contributed by atoms with Gasteiger partial charge in [-0.25, -0.2) is 0 Å². The first kappa shape index (κ1) is 7.93. The van der Waals surface area contributed by atoms with Gasteiger partial charge in [0.1, 0.15) is 0 Å². The number of thioether (sulfide) groups is 1. The minimum atomic E-state index is 0.411. The largest absolute Gasteiger partial charge is 0.291 e. The number of fused-ring (bicyclic) bond motifs is 2. The second-order valence-electron chi connectivity index (χ2n) is 4.66. The van der Waals surface area contributed by atoms with Gasteiger partial charge in [-0.2, -0.15) is 11.8 Å². The van der Waals surface area contributed by atoms with Gasteiger partial charge in [-0.1, -0.05) is 0 Å². The molecule has 3 fully saturated rings. The molecule has 64 valence electrons. The van der Waals surface area contributed by atoms with Crippen LogP contribution in [0.15, 0.2) is 0 Å². The van der Waals surface area contributed by atoms with Crippen LogP contribution in [0.5, 0.6) is 0 Å². The van der Waals surface area contributed by atoms with E-state index in [4.69, 9.17) is 0 Å². The quantitative estimate of drug-likeness (QED) is 0.548.